The fraction of sp³-hybridized carbons (Fsp3) is 0.769. The molecule has 1 aliphatic heterocycles. The van der Waals surface area contributed by atoms with E-state index in [1.165, 1.54) is 6.92 Å². The van der Waals surface area contributed by atoms with Crippen LogP contribution in [0.5, 0.6) is 0 Å². The van der Waals surface area contributed by atoms with Gasteiger partial charge in [0.15, 0.2) is 0 Å². The van der Waals surface area contributed by atoms with Gasteiger partial charge in [-0.2, -0.15) is 0 Å². The van der Waals surface area contributed by atoms with Crippen LogP contribution in [0.2, 0.25) is 0 Å². The third kappa shape index (κ3) is 3.68. The number of carbonyl (C=O) groups is 3. The molecular formula is C13H21NO5. The van der Waals surface area contributed by atoms with Crippen LogP contribution in [0.4, 0.5) is 4.79 Å². The molecule has 2 atom stereocenters. The van der Waals surface area contributed by atoms with E-state index in [2.05, 4.69) is 10.1 Å². The van der Waals surface area contributed by atoms with E-state index < -0.39 is 29.0 Å². The first-order chi connectivity index (χ1) is 8.58. The Morgan fingerprint density at radius 3 is 2.42 bits per heavy atom. The Bertz CT molecular complexity index is 398. The average molecular weight is 271 g/mol. The minimum absolute atomic E-state index is 0.0660. The van der Waals surface area contributed by atoms with Gasteiger partial charge in [-0.05, 0) is 40.5 Å². The van der Waals surface area contributed by atoms with Gasteiger partial charge in [-0.1, -0.05) is 6.92 Å². The van der Waals surface area contributed by atoms with Crippen LogP contribution in [-0.2, 0) is 19.1 Å². The van der Waals surface area contributed by atoms with Crippen molar-refractivity contribution in [3.8, 4) is 0 Å². The van der Waals surface area contributed by atoms with E-state index in [1.807, 2.05) is 6.92 Å². The largest absolute Gasteiger partial charge is 0.516 e. The lowest BCUT2D eigenvalue weighted by atomic mass is 9.87. The zero-order valence-electron chi connectivity index (χ0n) is 12.0. The summed E-state index contributed by atoms with van der Waals surface area (Å²) >= 11 is 0. The maximum absolute atomic E-state index is 12.0. The lowest BCUT2D eigenvalue weighted by Crippen LogP contribution is -2.39. The summed E-state index contributed by atoms with van der Waals surface area (Å²) in [5.41, 5.74) is -2.07. The second-order valence-electron chi connectivity index (χ2n) is 5.97. The van der Waals surface area contributed by atoms with Crippen LogP contribution in [0.15, 0.2) is 0 Å². The van der Waals surface area contributed by atoms with Crippen molar-refractivity contribution < 1.29 is 23.9 Å². The standard InChI is InChI=1S/C13H21NO5/c1-6-8-7-13(5,9(15)14-8)10(16)18-11(17)19-12(2,3)4/h8H,6-7H2,1-5H3,(H,14,15)/t8-,13-/m1/s1. The highest BCUT2D eigenvalue weighted by molar-refractivity contribution is 6.06. The van der Waals surface area contributed by atoms with Crippen LogP contribution < -0.4 is 5.32 Å². The fourth-order valence-electron chi connectivity index (χ4n) is 1.86. The second kappa shape index (κ2) is 5.19. The summed E-state index contributed by atoms with van der Waals surface area (Å²) in [7, 11) is 0. The van der Waals surface area contributed by atoms with Crippen molar-refractivity contribution in [1.82, 2.24) is 5.32 Å². The van der Waals surface area contributed by atoms with Gasteiger partial charge in [-0.3, -0.25) is 9.59 Å². The molecule has 0 aromatic carbocycles. The summed E-state index contributed by atoms with van der Waals surface area (Å²) in [5.74, 6) is -1.27. The molecule has 1 aliphatic rings. The molecule has 0 aromatic heterocycles. The third-order valence-corrected chi connectivity index (χ3v) is 3.00. The van der Waals surface area contributed by atoms with Gasteiger partial charge in [-0.25, -0.2) is 4.79 Å². The SMILES string of the molecule is CC[C@@H]1C[C@@](C)(C(=O)OC(=O)OC(C)(C)C)C(=O)N1. The first kappa shape index (κ1) is 15.5. The first-order valence-electron chi connectivity index (χ1n) is 6.34. The molecule has 0 bridgehead atoms. The van der Waals surface area contributed by atoms with Crippen LogP contribution in [0.1, 0.15) is 47.5 Å². The highest BCUT2D eigenvalue weighted by atomic mass is 16.7. The third-order valence-electron chi connectivity index (χ3n) is 3.00. The highest BCUT2D eigenvalue weighted by Crippen LogP contribution is 2.32. The molecule has 6 heteroatoms. The van der Waals surface area contributed by atoms with Crippen LogP contribution >= 0.6 is 0 Å². The lowest BCUT2D eigenvalue weighted by molar-refractivity contribution is -0.155. The fourth-order valence-corrected chi connectivity index (χ4v) is 1.86. The number of hydrogen-bond donors (Lipinski definition) is 1. The summed E-state index contributed by atoms with van der Waals surface area (Å²) in [5, 5.41) is 2.70. The van der Waals surface area contributed by atoms with Crippen molar-refractivity contribution in [2.75, 3.05) is 0 Å². The van der Waals surface area contributed by atoms with Gasteiger partial charge >= 0.3 is 12.1 Å². The maximum Gasteiger partial charge on any atom is 0.516 e. The monoisotopic (exact) mass is 271 g/mol. The van der Waals surface area contributed by atoms with E-state index in [4.69, 9.17) is 4.74 Å². The van der Waals surface area contributed by atoms with Crippen molar-refractivity contribution in [2.24, 2.45) is 5.41 Å². The predicted octanol–water partition coefficient (Wildman–Crippen LogP) is 1.77. The minimum atomic E-state index is -1.32. The molecule has 1 amide bonds. The zero-order valence-corrected chi connectivity index (χ0v) is 12.0. The van der Waals surface area contributed by atoms with Crippen LogP contribution in [0, 0.1) is 5.41 Å². The van der Waals surface area contributed by atoms with Crippen molar-refractivity contribution in [3.05, 3.63) is 0 Å². The molecule has 6 nitrogen and oxygen atoms in total. The van der Waals surface area contributed by atoms with E-state index in [9.17, 15) is 14.4 Å². The van der Waals surface area contributed by atoms with Gasteiger partial charge in [0.2, 0.25) is 5.91 Å². The Morgan fingerprint density at radius 1 is 1.42 bits per heavy atom. The minimum Gasteiger partial charge on any atom is -0.428 e. The quantitative estimate of drug-likeness (QED) is 0.611. The number of esters is 1. The second-order valence-corrected chi connectivity index (χ2v) is 5.97. The van der Waals surface area contributed by atoms with Crippen molar-refractivity contribution in [3.63, 3.8) is 0 Å². The zero-order chi connectivity index (χ0) is 14.8. The molecule has 19 heavy (non-hydrogen) atoms. The molecule has 1 rings (SSSR count). The molecular weight excluding hydrogens is 250 g/mol. The van der Waals surface area contributed by atoms with Crippen LogP contribution in [0.3, 0.4) is 0 Å². The lowest BCUT2D eigenvalue weighted by Gasteiger charge is -2.21. The number of carbonyl (C=O) groups excluding carboxylic acids is 3. The number of amides is 1. The summed E-state index contributed by atoms with van der Waals surface area (Å²) in [6, 6.07) is -0.0660. The molecule has 0 unspecified atom stereocenters. The highest BCUT2D eigenvalue weighted by Gasteiger charge is 2.50. The van der Waals surface area contributed by atoms with Gasteiger partial charge in [0, 0.05) is 6.04 Å². The average Bonchev–Trinajstić information content (AvgIpc) is 2.53. The molecule has 0 radical (unpaired) electrons. The summed E-state index contributed by atoms with van der Waals surface area (Å²) in [6.45, 7) is 8.38. The van der Waals surface area contributed by atoms with Crippen molar-refractivity contribution >= 4 is 18.0 Å². The smallest absolute Gasteiger partial charge is 0.428 e. The Morgan fingerprint density at radius 2 is 2.00 bits per heavy atom. The van der Waals surface area contributed by atoms with Gasteiger partial charge in [0.25, 0.3) is 0 Å². The molecule has 108 valence electrons. The van der Waals surface area contributed by atoms with E-state index >= 15 is 0 Å². The summed E-state index contributed by atoms with van der Waals surface area (Å²) in [6.07, 6.45) is -0.0307. The van der Waals surface area contributed by atoms with E-state index in [0.717, 1.165) is 6.42 Å². The topological polar surface area (TPSA) is 81.7 Å². The summed E-state index contributed by atoms with van der Waals surface area (Å²) < 4.78 is 9.50. The van der Waals surface area contributed by atoms with E-state index in [0.29, 0.717) is 6.42 Å². The molecule has 1 fully saturated rings. The van der Waals surface area contributed by atoms with E-state index in [-0.39, 0.29) is 6.04 Å². The number of nitrogens with one attached hydrogen (secondary N) is 1. The van der Waals surface area contributed by atoms with Gasteiger partial charge < -0.3 is 14.8 Å². The van der Waals surface area contributed by atoms with Gasteiger partial charge in [-0.15, -0.1) is 0 Å². The first-order valence-corrected chi connectivity index (χ1v) is 6.34. The number of rotatable bonds is 2. The summed E-state index contributed by atoms with van der Waals surface area (Å²) in [4.78, 5) is 35.2. The van der Waals surface area contributed by atoms with Gasteiger partial charge in [0.05, 0.1) is 0 Å². The normalized spacial score (nSPS) is 26.8. The molecule has 0 aromatic rings. The Kier molecular flexibility index (Phi) is 4.22. The van der Waals surface area contributed by atoms with Crippen molar-refractivity contribution in [1.29, 1.82) is 0 Å². The predicted molar refractivity (Wildman–Crippen MR) is 67.3 cm³/mol. The van der Waals surface area contributed by atoms with Gasteiger partial charge in [0.1, 0.15) is 11.0 Å². The molecule has 1 saturated heterocycles. The van der Waals surface area contributed by atoms with Crippen LogP contribution in [-0.4, -0.2) is 29.7 Å². The molecule has 0 aliphatic carbocycles. The number of hydrogen-bond acceptors (Lipinski definition) is 5. The van der Waals surface area contributed by atoms with Crippen molar-refractivity contribution in [2.45, 2.75) is 59.1 Å². The number of ether oxygens (including phenoxy) is 2. The molecule has 1 heterocycles. The Labute approximate surface area is 112 Å². The molecule has 0 spiro atoms. The maximum atomic E-state index is 12.0. The van der Waals surface area contributed by atoms with Crippen LogP contribution in [0.25, 0.3) is 0 Å². The molecule has 1 N–H and O–H groups in total. The Balaban J connectivity index is 2.68. The Hall–Kier alpha value is -1.59. The van der Waals surface area contributed by atoms with E-state index in [1.54, 1.807) is 20.8 Å². The molecule has 0 saturated carbocycles.